The van der Waals surface area contributed by atoms with Crippen LogP contribution in [0.3, 0.4) is 0 Å². The maximum absolute atomic E-state index is 12.5. The van der Waals surface area contributed by atoms with Gasteiger partial charge in [-0.15, -0.1) is 0 Å². The highest BCUT2D eigenvalue weighted by Crippen LogP contribution is 2.40. The summed E-state index contributed by atoms with van der Waals surface area (Å²) in [5.41, 5.74) is 3.39. The molecule has 8 nitrogen and oxygen atoms in total. The van der Waals surface area contributed by atoms with Gasteiger partial charge in [0.15, 0.2) is 0 Å². The Labute approximate surface area is 183 Å². The zero-order valence-corrected chi connectivity index (χ0v) is 18.2. The van der Waals surface area contributed by atoms with Gasteiger partial charge in [0, 0.05) is 64.4 Å². The lowest BCUT2D eigenvalue weighted by Gasteiger charge is -2.22. The van der Waals surface area contributed by atoms with Crippen LogP contribution in [0.25, 0.3) is 0 Å². The van der Waals surface area contributed by atoms with Crippen molar-refractivity contribution in [2.75, 3.05) is 32.7 Å². The summed E-state index contributed by atoms with van der Waals surface area (Å²) in [6, 6.07) is 1.96. The number of hydrogen-bond donors (Lipinski definition) is 2. The van der Waals surface area contributed by atoms with E-state index >= 15 is 0 Å². The van der Waals surface area contributed by atoms with Gasteiger partial charge in [-0.05, 0) is 60.8 Å². The van der Waals surface area contributed by atoms with Gasteiger partial charge in [0.25, 0.3) is 0 Å². The van der Waals surface area contributed by atoms with Crippen molar-refractivity contribution in [2.24, 2.45) is 16.8 Å². The van der Waals surface area contributed by atoms with Crippen LogP contribution in [0.4, 0.5) is 9.59 Å². The molecule has 31 heavy (non-hydrogen) atoms. The molecule has 2 aliphatic heterocycles. The standard InChI is InChI=1S/C23H32N6O2/c1-2-28(22(30)26-12-17-4-3-7-24-11-17)9-6-18-10-20(18)14-27-23(31)29-15-19-5-8-25-13-21(19)16-29/h4-5,8,11,13,18,20H,2-3,6-7,9-10,12,14-16H2,1H3,(H,26,30)(H,27,31). The first-order chi connectivity index (χ1) is 15.1. The Bertz CT molecular complexity index is 842. The largest absolute Gasteiger partial charge is 0.338 e. The molecule has 2 unspecified atom stereocenters. The lowest BCUT2D eigenvalue weighted by Crippen LogP contribution is -2.41. The fraction of sp³-hybridized carbons (Fsp3) is 0.565. The Morgan fingerprint density at radius 2 is 2.10 bits per heavy atom. The molecule has 1 saturated carbocycles. The summed E-state index contributed by atoms with van der Waals surface area (Å²) in [6.07, 6.45) is 10.6. The predicted octanol–water partition coefficient (Wildman–Crippen LogP) is 2.57. The normalized spacial score (nSPS) is 21.3. The van der Waals surface area contributed by atoms with Gasteiger partial charge >= 0.3 is 12.1 Å². The van der Waals surface area contributed by atoms with Crippen LogP contribution >= 0.6 is 0 Å². The summed E-state index contributed by atoms with van der Waals surface area (Å²) < 4.78 is 0. The van der Waals surface area contributed by atoms with E-state index in [2.05, 4.69) is 26.7 Å². The quantitative estimate of drug-likeness (QED) is 0.672. The van der Waals surface area contributed by atoms with Crippen LogP contribution in [-0.2, 0) is 13.1 Å². The molecule has 4 rings (SSSR count). The Kier molecular flexibility index (Phi) is 6.84. The van der Waals surface area contributed by atoms with E-state index in [0.29, 0.717) is 44.6 Å². The molecule has 1 aromatic heterocycles. The third-order valence-electron chi connectivity index (χ3n) is 6.40. The van der Waals surface area contributed by atoms with E-state index in [-0.39, 0.29) is 12.1 Å². The number of pyridine rings is 1. The van der Waals surface area contributed by atoms with E-state index in [0.717, 1.165) is 43.5 Å². The molecular weight excluding hydrogens is 392 g/mol. The van der Waals surface area contributed by atoms with Gasteiger partial charge < -0.3 is 20.4 Å². The van der Waals surface area contributed by atoms with Gasteiger partial charge in [-0.3, -0.25) is 9.98 Å². The molecule has 166 valence electrons. The van der Waals surface area contributed by atoms with E-state index in [1.54, 1.807) is 6.20 Å². The third-order valence-corrected chi connectivity index (χ3v) is 6.40. The van der Waals surface area contributed by atoms with Crippen molar-refractivity contribution in [1.82, 2.24) is 25.4 Å². The molecule has 3 aliphatic rings. The maximum atomic E-state index is 12.5. The van der Waals surface area contributed by atoms with Crippen LogP contribution < -0.4 is 10.6 Å². The highest BCUT2D eigenvalue weighted by atomic mass is 16.2. The smallest absolute Gasteiger partial charge is 0.318 e. The summed E-state index contributed by atoms with van der Waals surface area (Å²) >= 11 is 0. The van der Waals surface area contributed by atoms with Crippen LogP contribution in [0.15, 0.2) is 35.1 Å². The minimum absolute atomic E-state index is 0.00281. The van der Waals surface area contributed by atoms with Crippen molar-refractivity contribution in [3.05, 3.63) is 41.2 Å². The monoisotopic (exact) mass is 424 g/mol. The van der Waals surface area contributed by atoms with Gasteiger partial charge in [-0.2, -0.15) is 0 Å². The van der Waals surface area contributed by atoms with Crippen LogP contribution in [0.2, 0.25) is 0 Å². The number of carbonyl (C=O) groups excluding carboxylic acids is 2. The average Bonchev–Trinajstić information content (AvgIpc) is 3.41. The van der Waals surface area contributed by atoms with Crippen LogP contribution in [0, 0.1) is 11.8 Å². The molecule has 2 atom stereocenters. The summed E-state index contributed by atoms with van der Waals surface area (Å²) in [4.78, 5) is 37.0. The van der Waals surface area contributed by atoms with E-state index in [1.165, 1.54) is 5.56 Å². The molecule has 8 heteroatoms. The second kappa shape index (κ2) is 9.94. The van der Waals surface area contributed by atoms with Crippen molar-refractivity contribution in [3.8, 4) is 0 Å². The molecule has 0 bridgehead atoms. The highest BCUT2D eigenvalue weighted by molar-refractivity contribution is 5.82. The number of dihydropyridines is 1. The van der Waals surface area contributed by atoms with Gasteiger partial charge in [0.1, 0.15) is 0 Å². The van der Waals surface area contributed by atoms with E-state index in [1.807, 2.05) is 35.2 Å². The van der Waals surface area contributed by atoms with Crippen molar-refractivity contribution >= 4 is 18.3 Å². The van der Waals surface area contributed by atoms with E-state index in [9.17, 15) is 9.59 Å². The molecule has 0 spiro atoms. The van der Waals surface area contributed by atoms with Gasteiger partial charge in [-0.25, -0.2) is 9.59 Å². The molecule has 4 amide bonds. The minimum Gasteiger partial charge on any atom is -0.338 e. The molecular formula is C23H32N6O2. The Morgan fingerprint density at radius 3 is 2.87 bits per heavy atom. The van der Waals surface area contributed by atoms with Crippen molar-refractivity contribution in [1.29, 1.82) is 0 Å². The van der Waals surface area contributed by atoms with E-state index < -0.39 is 0 Å². The first kappa shape index (κ1) is 21.3. The molecule has 2 N–H and O–H groups in total. The number of urea groups is 2. The summed E-state index contributed by atoms with van der Waals surface area (Å²) in [5, 5.41) is 6.09. The SMILES string of the molecule is CCN(CCC1CC1CNC(=O)N1Cc2ccncc2C1)C(=O)NCC1=CCCN=C1. The van der Waals surface area contributed by atoms with Gasteiger partial charge in [-0.1, -0.05) is 6.08 Å². The number of amides is 4. The first-order valence-corrected chi connectivity index (χ1v) is 11.3. The number of nitrogens with one attached hydrogen (secondary N) is 2. The minimum atomic E-state index is -0.0176. The highest BCUT2D eigenvalue weighted by Gasteiger charge is 2.37. The second-order valence-corrected chi connectivity index (χ2v) is 8.57. The van der Waals surface area contributed by atoms with E-state index in [4.69, 9.17) is 0 Å². The fourth-order valence-corrected chi connectivity index (χ4v) is 4.30. The number of carbonyl (C=O) groups is 2. The number of fused-ring (bicyclic) bond motifs is 1. The van der Waals surface area contributed by atoms with Crippen LogP contribution in [0.1, 0.15) is 37.3 Å². The van der Waals surface area contributed by atoms with Crippen molar-refractivity contribution in [3.63, 3.8) is 0 Å². The number of rotatable bonds is 8. The fourth-order valence-electron chi connectivity index (χ4n) is 4.30. The molecule has 0 saturated heterocycles. The predicted molar refractivity (Wildman–Crippen MR) is 120 cm³/mol. The van der Waals surface area contributed by atoms with Gasteiger partial charge in [0.2, 0.25) is 0 Å². The lowest BCUT2D eigenvalue weighted by molar-refractivity contribution is 0.197. The van der Waals surface area contributed by atoms with Crippen molar-refractivity contribution < 1.29 is 9.59 Å². The molecule has 0 aromatic carbocycles. The third kappa shape index (κ3) is 5.62. The summed E-state index contributed by atoms with van der Waals surface area (Å²) in [5.74, 6) is 1.09. The van der Waals surface area contributed by atoms with Gasteiger partial charge in [0.05, 0.1) is 0 Å². The Hall–Kier alpha value is -2.90. The molecule has 1 fully saturated rings. The molecule has 1 aromatic rings. The number of aliphatic imine (C=N–C) groups is 1. The Balaban J connectivity index is 1.12. The summed E-state index contributed by atoms with van der Waals surface area (Å²) in [6.45, 7) is 6.82. The van der Waals surface area contributed by atoms with Crippen LogP contribution in [-0.4, -0.2) is 65.8 Å². The topological polar surface area (TPSA) is 89.9 Å². The van der Waals surface area contributed by atoms with Crippen LogP contribution in [0.5, 0.6) is 0 Å². The number of nitrogens with zero attached hydrogens (tertiary/aromatic N) is 4. The zero-order chi connectivity index (χ0) is 21.6. The number of hydrogen-bond acceptors (Lipinski definition) is 4. The van der Waals surface area contributed by atoms with Crippen molar-refractivity contribution in [2.45, 2.75) is 39.3 Å². The summed E-state index contributed by atoms with van der Waals surface area (Å²) in [7, 11) is 0. The zero-order valence-electron chi connectivity index (χ0n) is 18.2. The average molecular weight is 425 g/mol. The Morgan fingerprint density at radius 1 is 1.23 bits per heavy atom. The lowest BCUT2D eigenvalue weighted by atomic mass is 10.2. The molecule has 0 radical (unpaired) electrons. The second-order valence-electron chi connectivity index (χ2n) is 8.57. The molecule has 1 aliphatic carbocycles. The first-order valence-electron chi connectivity index (χ1n) is 11.3. The maximum Gasteiger partial charge on any atom is 0.318 e. The molecule has 3 heterocycles. The number of aromatic nitrogens is 1.